The molecule has 3 amide bonds. The second-order valence-corrected chi connectivity index (χ2v) is 18.4. The van der Waals surface area contributed by atoms with Gasteiger partial charge in [0.1, 0.15) is 10.8 Å². The number of amides is 3. The van der Waals surface area contributed by atoms with E-state index in [-0.39, 0.29) is 52.5 Å². The van der Waals surface area contributed by atoms with Gasteiger partial charge >= 0.3 is 0 Å². The van der Waals surface area contributed by atoms with Crippen molar-refractivity contribution in [2.24, 2.45) is 5.92 Å². The number of hydrogen-bond donors (Lipinski definition) is 3. The number of hydrogen-bond acceptors (Lipinski definition) is 12. The van der Waals surface area contributed by atoms with Gasteiger partial charge in [-0.25, -0.2) is 32.7 Å². The predicted octanol–water partition coefficient (Wildman–Crippen LogP) is 6.34. The van der Waals surface area contributed by atoms with E-state index in [0.717, 1.165) is 55.7 Å². The van der Waals surface area contributed by atoms with Crippen molar-refractivity contribution in [2.45, 2.75) is 63.7 Å². The van der Waals surface area contributed by atoms with Gasteiger partial charge in [0.15, 0.2) is 5.82 Å². The fourth-order valence-corrected chi connectivity index (χ4v) is 10.5. The number of piperidine rings is 3. The molecule has 2 aromatic carbocycles. The number of pyridine rings is 1. The smallest absolute Gasteiger partial charge is 0.234 e. The Bertz CT molecular complexity index is 2500. The zero-order chi connectivity index (χ0) is 42.0. The average Bonchev–Trinajstić information content (AvgIpc) is 3.70. The molecule has 3 fully saturated rings. The second-order valence-electron chi connectivity index (χ2n) is 15.5. The van der Waals surface area contributed by atoms with Gasteiger partial charge in [-0.15, -0.1) is 11.3 Å². The average molecular weight is 852 g/mol. The van der Waals surface area contributed by atoms with E-state index in [4.69, 9.17) is 10.7 Å². The second kappa shape index (κ2) is 17.4. The minimum absolute atomic E-state index is 0.0343. The van der Waals surface area contributed by atoms with Crippen LogP contribution in [0.15, 0.2) is 73.1 Å². The molecule has 5 aromatic rings. The van der Waals surface area contributed by atoms with Gasteiger partial charge < -0.3 is 15.5 Å². The first-order valence-corrected chi connectivity index (χ1v) is 22.8. The molecule has 312 valence electrons. The fourth-order valence-electron chi connectivity index (χ4n) is 8.33. The van der Waals surface area contributed by atoms with E-state index < -0.39 is 15.8 Å². The molecule has 0 spiro atoms. The maximum Gasteiger partial charge on any atom is 0.234 e. The first-order chi connectivity index (χ1) is 29.0. The van der Waals surface area contributed by atoms with Crippen LogP contribution in [0.5, 0.6) is 0 Å². The molecular weight excluding hydrogens is 806 g/mol. The number of sulfonamides is 1. The lowest BCUT2D eigenvalue weighted by Crippen LogP contribution is -2.45. The number of nitrogens with zero attached hydrogens (tertiary/aromatic N) is 6. The monoisotopic (exact) mass is 851 g/mol. The van der Waals surface area contributed by atoms with E-state index in [1.807, 2.05) is 29.2 Å². The Kier molecular flexibility index (Phi) is 11.9. The molecule has 17 heteroatoms. The van der Waals surface area contributed by atoms with Crippen molar-refractivity contribution in [1.82, 2.24) is 30.2 Å². The number of nitrogens with two attached hydrogens (primary N) is 1. The van der Waals surface area contributed by atoms with Gasteiger partial charge in [-0.05, 0) is 79.8 Å². The Labute approximate surface area is 351 Å². The van der Waals surface area contributed by atoms with Crippen LogP contribution in [0.3, 0.4) is 0 Å². The molecule has 3 aliphatic heterocycles. The van der Waals surface area contributed by atoms with Crippen LogP contribution < -0.4 is 20.7 Å². The number of rotatable bonds is 11. The number of benzene rings is 2. The van der Waals surface area contributed by atoms with Crippen LogP contribution in [0.2, 0.25) is 0 Å². The molecule has 14 nitrogen and oxygen atoms in total. The molecule has 60 heavy (non-hydrogen) atoms. The number of halogens is 1. The lowest BCUT2D eigenvalue weighted by atomic mass is 9.87. The van der Waals surface area contributed by atoms with Crippen molar-refractivity contribution < 1.29 is 27.2 Å². The Morgan fingerprint density at radius 3 is 2.37 bits per heavy atom. The van der Waals surface area contributed by atoms with Crippen molar-refractivity contribution in [3.8, 4) is 32.4 Å². The number of aromatic nitrogens is 4. The lowest BCUT2D eigenvalue weighted by Gasteiger charge is -2.37. The highest BCUT2D eigenvalue weighted by Crippen LogP contribution is 2.42. The van der Waals surface area contributed by atoms with Crippen LogP contribution in [-0.4, -0.2) is 82.9 Å². The summed E-state index contributed by atoms with van der Waals surface area (Å²) in [5.41, 5.74) is 9.49. The van der Waals surface area contributed by atoms with Gasteiger partial charge in [0.05, 0.1) is 33.6 Å². The molecular formula is C43H46FN9O5S2. The molecule has 0 bridgehead atoms. The molecule has 0 saturated carbocycles. The van der Waals surface area contributed by atoms with Crippen molar-refractivity contribution in [1.29, 1.82) is 0 Å². The molecule has 3 aliphatic rings. The van der Waals surface area contributed by atoms with Crippen molar-refractivity contribution >= 4 is 56.5 Å². The molecule has 6 heterocycles. The van der Waals surface area contributed by atoms with Gasteiger partial charge in [0, 0.05) is 62.0 Å². The summed E-state index contributed by atoms with van der Waals surface area (Å²) in [6, 6.07) is 18.2. The van der Waals surface area contributed by atoms with Crippen LogP contribution in [0.25, 0.3) is 32.4 Å². The van der Waals surface area contributed by atoms with Crippen LogP contribution in [0, 0.1) is 11.7 Å². The van der Waals surface area contributed by atoms with Crippen LogP contribution in [-0.2, 0) is 24.4 Å². The van der Waals surface area contributed by atoms with E-state index >= 15 is 4.39 Å². The topological polar surface area (TPSA) is 193 Å². The first-order valence-electron chi connectivity index (χ1n) is 20.3. The van der Waals surface area contributed by atoms with Gasteiger partial charge in [-0.2, -0.15) is 0 Å². The molecule has 0 unspecified atom stereocenters. The predicted molar refractivity (Wildman–Crippen MR) is 229 cm³/mol. The summed E-state index contributed by atoms with van der Waals surface area (Å²) in [5.74, 6) is -0.401. The number of likely N-dealkylation sites (tertiary alicyclic amines) is 1. The van der Waals surface area contributed by atoms with Gasteiger partial charge in [0.2, 0.25) is 33.7 Å². The SMILES string of the molecule is CCCS(=O)(=O)Nc1cccc(-c2nc(-c3ccc(C4CCN(C(=O)C5CCN(c6ccc([C@H]7CCC(=O)NC7=O)cn6)CC5)CC4)cc3)sc2-c2ccnc(N)n2)c1F. The van der Waals surface area contributed by atoms with E-state index in [1.165, 1.54) is 29.2 Å². The third-order valence-electron chi connectivity index (χ3n) is 11.5. The number of carbonyl (C=O) groups is 3. The highest BCUT2D eigenvalue weighted by Gasteiger charge is 2.33. The minimum atomic E-state index is -3.74. The van der Waals surface area contributed by atoms with Crippen molar-refractivity contribution in [2.75, 3.05) is 47.3 Å². The zero-order valence-corrected chi connectivity index (χ0v) is 34.8. The number of nitrogen functional groups attached to an aromatic ring is 1. The van der Waals surface area contributed by atoms with Crippen LogP contribution in [0.1, 0.15) is 74.8 Å². The normalized spacial score (nSPS) is 18.1. The third-order valence-corrected chi connectivity index (χ3v) is 14.1. The summed E-state index contributed by atoms with van der Waals surface area (Å²) in [4.78, 5) is 60.1. The van der Waals surface area contributed by atoms with Gasteiger partial charge in [0.25, 0.3) is 0 Å². The molecule has 3 saturated heterocycles. The van der Waals surface area contributed by atoms with Crippen molar-refractivity contribution in [3.63, 3.8) is 0 Å². The summed E-state index contributed by atoms with van der Waals surface area (Å²) >= 11 is 1.33. The lowest BCUT2D eigenvalue weighted by molar-refractivity contribution is -0.137. The zero-order valence-electron chi connectivity index (χ0n) is 33.1. The number of carbonyl (C=O) groups excluding carboxylic acids is 3. The molecule has 8 rings (SSSR count). The highest BCUT2D eigenvalue weighted by molar-refractivity contribution is 7.92. The Balaban J connectivity index is 0.898. The van der Waals surface area contributed by atoms with E-state index in [9.17, 15) is 22.8 Å². The van der Waals surface area contributed by atoms with Gasteiger partial charge in [-0.1, -0.05) is 43.3 Å². The molecule has 3 aromatic heterocycles. The molecule has 0 aliphatic carbocycles. The maximum atomic E-state index is 16.1. The van der Waals surface area contributed by atoms with E-state index in [2.05, 4.69) is 42.0 Å². The van der Waals surface area contributed by atoms with E-state index in [1.54, 1.807) is 31.3 Å². The summed E-state index contributed by atoms with van der Waals surface area (Å²) in [5, 5.41) is 3.04. The maximum absolute atomic E-state index is 16.1. The Morgan fingerprint density at radius 1 is 0.933 bits per heavy atom. The summed E-state index contributed by atoms with van der Waals surface area (Å²) in [6.07, 6.45) is 7.65. The largest absolute Gasteiger partial charge is 0.368 e. The first kappa shape index (κ1) is 40.9. The van der Waals surface area contributed by atoms with E-state index in [0.29, 0.717) is 59.5 Å². The number of thiazole rings is 1. The molecule has 0 radical (unpaired) electrons. The number of anilines is 3. The standard InChI is InChI=1S/C43H46FN9O5S2/c1-2-24-60(57,58)51-33-5-3-4-32(37(33)44)38-39(34-14-19-46-43(45)48-34)59-41(50-38)28-8-6-26(7-9-28)27-15-22-53(23-16-27)42(56)29-17-20-52(21-18-29)35-12-10-30(25-47-35)31-11-13-36(54)49-40(31)55/h3-10,12,14,19,25,27,29,31,51H,2,11,13,15-18,20-24H2,1H3,(H2,45,46,48)(H,49,54,55)/t31-/m1/s1. The third kappa shape index (κ3) is 8.87. The Morgan fingerprint density at radius 2 is 1.68 bits per heavy atom. The quantitative estimate of drug-likeness (QED) is 0.126. The summed E-state index contributed by atoms with van der Waals surface area (Å²) in [6.45, 7) is 4.57. The molecule has 1 atom stereocenters. The molecule has 4 N–H and O–H groups in total. The van der Waals surface area contributed by atoms with Crippen molar-refractivity contribution in [3.05, 3.63) is 90.0 Å². The van der Waals surface area contributed by atoms with Crippen LogP contribution >= 0.6 is 11.3 Å². The number of imide groups is 1. The van der Waals surface area contributed by atoms with Crippen LogP contribution in [0.4, 0.5) is 21.8 Å². The van der Waals surface area contributed by atoms with Gasteiger partial charge in [-0.3, -0.25) is 24.4 Å². The fraction of sp³-hybridized carbons (Fsp3) is 0.372. The summed E-state index contributed by atoms with van der Waals surface area (Å²) in [7, 11) is -3.74. The Hall–Kier alpha value is -5.81. The minimum Gasteiger partial charge on any atom is -0.368 e. The summed E-state index contributed by atoms with van der Waals surface area (Å²) < 4.78 is 43.5. The number of nitrogens with one attached hydrogen (secondary N) is 2. The highest BCUT2D eigenvalue weighted by atomic mass is 32.2.